The van der Waals surface area contributed by atoms with Gasteiger partial charge >= 0.3 is 5.97 Å². The Morgan fingerprint density at radius 3 is 2.53 bits per heavy atom. The summed E-state index contributed by atoms with van der Waals surface area (Å²) in [5.41, 5.74) is 0. The first-order valence-corrected chi connectivity index (χ1v) is 6.46. The van der Waals surface area contributed by atoms with Crippen LogP contribution >= 0.6 is 11.8 Å². The Balaban J connectivity index is 2.31. The van der Waals surface area contributed by atoms with E-state index in [9.17, 15) is 9.59 Å². The van der Waals surface area contributed by atoms with Crippen LogP contribution in [-0.2, 0) is 9.59 Å². The second kappa shape index (κ2) is 7.65. The minimum atomic E-state index is -1.57. The topological polar surface area (TPSA) is 95.9 Å². The van der Waals surface area contributed by atoms with Crippen molar-refractivity contribution in [3.63, 3.8) is 0 Å². The predicted octanol–water partition coefficient (Wildman–Crippen LogP) is 0.349. The first-order chi connectivity index (χ1) is 9.02. The number of thioether (sulfide) groups is 1. The molecule has 0 heterocycles. The maximum absolute atomic E-state index is 11.4. The van der Waals surface area contributed by atoms with Gasteiger partial charge in [0.15, 0.2) is 6.10 Å². The van der Waals surface area contributed by atoms with Crippen molar-refractivity contribution in [2.45, 2.75) is 11.0 Å². The molecule has 0 radical (unpaired) electrons. The van der Waals surface area contributed by atoms with Crippen molar-refractivity contribution >= 4 is 23.6 Å². The van der Waals surface area contributed by atoms with Crippen LogP contribution in [0.5, 0.6) is 5.75 Å². The number of amides is 1. The van der Waals surface area contributed by atoms with E-state index in [2.05, 4.69) is 5.32 Å². The normalized spacial score (nSPS) is 11.7. The van der Waals surface area contributed by atoms with Crippen LogP contribution in [-0.4, -0.2) is 47.6 Å². The summed E-state index contributed by atoms with van der Waals surface area (Å²) < 4.78 is 5.01. The lowest BCUT2D eigenvalue weighted by molar-refractivity contribution is -0.146. The van der Waals surface area contributed by atoms with Crippen molar-refractivity contribution in [2.24, 2.45) is 0 Å². The number of aliphatic hydroxyl groups excluding tert-OH is 1. The van der Waals surface area contributed by atoms with Gasteiger partial charge in [-0.1, -0.05) is 0 Å². The van der Waals surface area contributed by atoms with Crippen LogP contribution in [0, 0.1) is 0 Å². The minimum Gasteiger partial charge on any atom is -0.497 e. The van der Waals surface area contributed by atoms with Gasteiger partial charge in [0.1, 0.15) is 5.75 Å². The Labute approximate surface area is 114 Å². The molecule has 3 N–H and O–H groups in total. The predicted molar refractivity (Wildman–Crippen MR) is 70.4 cm³/mol. The first kappa shape index (κ1) is 15.3. The van der Waals surface area contributed by atoms with Gasteiger partial charge in [0.25, 0.3) is 0 Å². The van der Waals surface area contributed by atoms with Crippen LogP contribution in [0.3, 0.4) is 0 Å². The molecule has 0 saturated carbocycles. The van der Waals surface area contributed by atoms with Crippen molar-refractivity contribution in [3.05, 3.63) is 24.3 Å². The van der Waals surface area contributed by atoms with E-state index in [1.807, 2.05) is 12.1 Å². The highest BCUT2D eigenvalue weighted by atomic mass is 32.2. The van der Waals surface area contributed by atoms with E-state index in [1.165, 1.54) is 11.8 Å². The summed E-state index contributed by atoms with van der Waals surface area (Å²) in [6.07, 6.45) is -1.57. The molecule has 1 unspecified atom stereocenters. The van der Waals surface area contributed by atoms with E-state index < -0.39 is 12.1 Å². The molecule has 1 atom stereocenters. The average molecular weight is 285 g/mol. The lowest BCUT2D eigenvalue weighted by Crippen LogP contribution is -2.37. The molecule has 0 bridgehead atoms. The van der Waals surface area contributed by atoms with Gasteiger partial charge in [0.05, 0.1) is 19.4 Å². The zero-order chi connectivity index (χ0) is 14.3. The third-order valence-electron chi connectivity index (χ3n) is 2.21. The second-order valence-electron chi connectivity index (χ2n) is 3.62. The summed E-state index contributed by atoms with van der Waals surface area (Å²) in [6, 6.07) is 7.22. The smallest absolute Gasteiger partial charge is 0.334 e. The average Bonchev–Trinajstić information content (AvgIpc) is 2.42. The highest BCUT2D eigenvalue weighted by Gasteiger charge is 2.13. The van der Waals surface area contributed by atoms with Gasteiger partial charge in [-0.05, 0) is 24.3 Å². The third-order valence-corrected chi connectivity index (χ3v) is 3.22. The van der Waals surface area contributed by atoms with Crippen LogP contribution < -0.4 is 10.1 Å². The van der Waals surface area contributed by atoms with Crippen molar-refractivity contribution in [2.75, 3.05) is 19.4 Å². The second-order valence-corrected chi connectivity index (χ2v) is 4.67. The molecule has 1 rings (SSSR count). The molecule has 1 aromatic carbocycles. The zero-order valence-corrected chi connectivity index (χ0v) is 11.1. The Kier molecular flexibility index (Phi) is 6.17. The molecule has 0 aliphatic carbocycles. The lowest BCUT2D eigenvalue weighted by atomic mass is 10.3. The number of carbonyl (C=O) groups excluding carboxylic acids is 1. The highest BCUT2D eigenvalue weighted by Crippen LogP contribution is 2.20. The molecule has 0 aliphatic rings. The number of aliphatic carboxylic acids is 1. The molecule has 1 aromatic rings. The maximum atomic E-state index is 11.4. The summed E-state index contributed by atoms with van der Waals surface area (Å²) in [7, 11) is 1.57. The molecule has 0 saturated heterocycles. The minimum absolute atomic E-state index is 0.151. The number of ether oxygens (including phenoxy) is 1. The molecule has 104 valence electrons. The number of carboxylic acid groups (broad SMARTS) is 1. The van der Waals surface area contributed by atoms with E-state index in [-0.39, 0.29) is 18.2 Å². The standard InChI is InChI=1S/C12H15NO5S/c1-18-8-2-4-9(5-3-8)19-7-11(15)13-6-10(14)12(16)17/h2-5,10,14H,6-7H2,1H3,(H,13,15)(H,16,17). The van der Waals surface area contributed by atoms with E-state index in [0.29, 0.717) is 0 Å². The van der Waals surface area contributed by atoms with Crippen LogP contribution in [0.15, 0.2) is 29.2 Å². The summed E-state index contributed by atoms with van der Waals surface area (Å²) in [5.74, 6) is -0.804. The number of carboxylic acids is 1. The van der Waals surface area contributed by atoms with Gasteiger partial charge in [-0.15, -0.1) is 11.8 Å². The number of carbonyl (C=O) groups is 2. The maximum Gasteiger partial charge on any atom is 0.334 e. The fourth-order valence-electron chi connectivity index (χ4n) is 1.17. The first-order valence-electron chi connectivity index (χ1n) is 5.47. The lowest BCUT2D eigenvalue weighted by Gasteiger charge is -2.07. The summed E-state index contributed by atoms with van der Waals surface area (Å²) >= 11 is 1.31. The molecule has 0 spiro atoms. The molecule has 0 aliphatic heterocycles. The van der Waals surface area contributed by atoms with E-state index in [1.54, 1.807) is 19.2 Å². The highest BCUT2D eigenvalue weighted by molar-refractivity contribution is 8.00. The number of nitrogens with one attached hydrogen (secondary N) is 1. The van der Waals surface area contributed by atoms with Gasteiger partial charge in [-0.25, -0.2) is 4.79 Å². The Morgan fingerprint density at radius 1 is 1.37 bits per heavy atom. The van der Waals surface area contributed by atoms with E-state index in [4.69, 9.17) is 14.9 Å². The molecule has 7 heteroatoms. The Bertz CT molecular complexity index is 434. The molecular weight excluding hydrogens is 270 g/mol. The van der Waals surface area contributed by atoms with Gasteiger partial charge < -0.3 is 20.3 Å². The largest absolute Gasteiger partial charge is 0.497 e. The summed E-state index contributed by atoms with van der Waals surface area (Å²) in [4.78, 5) is 22.6. The molecule has 0 aromatic heterocycles. The van der Waals surface area contributed by atoms with Crippen molar-refractivity contribution in [1.82, 2.24) is 5.32 Å². The van der Waals surface area contributed by atoms with Crippen LogP contribution in [0.2, 0.25) is 0 Å². The number of benzene rings is 1. The fourth-order valence-corrected chi connectivity index (χ4v) is 1.90. The van der Waals surface area contributed by atoms with Crippen LogP contribution in [0.25, 0.3) is 0 Å². The van der Waals surface area contributed by atoms with Crippen LogP contribution in [0.1, 0.15) is 0 Å². The third kappa shape index (κ3) is 5.62. The molecule has 1 amide bonds. The number of hydrogen-bond acceptors (Lipinski definition) is 5. The molecule has 0 fully saturated rings. The van der Waals surface area contributed by atoms with Crippen LogP contribution in [0.4, 0.5) is 0 Å². The molecule has 19 heavy (non-hydrogen) atoms. The number of methoxy groups -OCH3 is 1. The van der Waals surface area contributed by atoms with Gasteiger partial charge in [-0.2, -0.15) is 0 Å². The van der Waals surface area contributed by atoms with Crippen molar-refractivity contribution in [1.29, 1.82) is 0 Å². The van der Waals surface area contributed by atoms with E-state index in [0.717, 1.165) is 10.6 Å². The Hall–Kier alpha value is -1.73. The summed E-state index contributed by atoms with van der Waals surface area (Å²) in [5, 5.41) is 19.8. The quantitative estimate of drug-likeness (QED) is 0.626. The number of aliphatic hydroxyl groups is 1. The SMILES string of the molecule is COc1ccc(SCC(=O)NCC(O)C(=O)O)cc1. The number of rotatable bonds is 7. The van der Waals surface area contributed by atoms with Crippen molar-refractivity contribution in [3.8, 4) is 5.75 Å². The van der Waals surface area contributed by atoms with E-state index >= 15 is 0 Å². The van der Waals surface area contributed by atoms with Crippen molar-refractivity contribution < 1.29 is 24.5 Å². The van der Waals surface area contributed by atoms with Gasteiger partial charge in [-0.3, -0.25) is 4.79 Å². The molecular formula is C12H15NO5S. The summed E-state index contributed by atoms with van der Waals surface area (Å²) in [6.45, 7) is -0.294. The zero-order valence-electron chi connectivity index (χ0n) is 10.3. The van der Waals surface area contributed by atoms with Gasteiger partial charge in [0.2, 0.25) is 5.91 Å². The Morgan fingerprint density at radius 2 is 2.00 bits per heavy atom. The molecule has 6 nitrogen and oxygen atoms in total. The number of hydrogen-bond donors (Lipinski definition) is 3. The van der Waals surface area contributed by atoms with Gasteiger partial charge in [0, 0.05) is 4.90 Å². The monoisotopic (exact) mass is 285 g/mol. The fraction of sp³-hybridized carbons (Fsp3) is 0.333.